The van der Waals surface area contributed by atoms with Crippen LogP contribution < -0.4 is 4.74 Å². The fourth-order valence-corrected chi connectivity index (χ4v) is 3.13. The third kappa shape index (κ3) is 14.6. The fourth-order valence-electron chi connectivity index (χ4n) is 3.13. The van der Waals surface area contributed by atoms with Crippen molar-refractivity contribution in [2.75, 3.05) is 0 Å². The highest BCUT2D eigenvalue weighted by molar-refractivity contribution is 5.72. The minimum absolute atomic E-state index is 0.103. The predicted molar refractivity (Wildman–Crippen MR) is 139 cm³/mol. The highest BCUT2D eigenvalue weighted by Gasteiger charge is 2.13. The van der Waals surface area contributed by atoms with Gasteiger partial charge in [-0.2, -0.15) is 0 Å². The molecular formula is C30H44O2. The molecule has 0 atom stereocenters. The molecule has 0 N–H and O–H groups in total. The number of unbranched alkanes of at least 4 members (excludes halogenated alkanes) is 4. The lowest BCUT2D eigenvalue weighted by Crippen LogP contribution is -2.11. The molecule has 0 bridgehead atoms. The minimum atomic E-state index is -0.163. The molecule has 0 aliphatic rings. The average Bonchev–Trinajstić information content (AvgIpc) is 2.75. The second-order valence-corrected chi connectivity index (χ2v) is 9.23. The molecule has 176 valence electrons. The third-order valence-electron chi connectivity index (χ3n) is 5.16. The maximum atomic E-state index is 12.0. The molecule has 0 saturated carbocycles. The highest BCUT2D eigenvalue weighted by atomic mass is 16.5. The van der Waals surface area contributed by atoms with Gasteiger partial charge in [0.15, 0.2) is 0 Å². The van der Waals surface area contributed by atoms with E-state index in [4.69, 9.17) is 4.74 Å². The number of hydrogen-bond donors (Lipinski definition) is 0. The number of benzene rings is 1. The number of carbonyl (C=O) groups excluding carboxylic acids is 1. The van der Waals surface area contributed by atoms with Crippen molar-refractivity contribution < 1.29 is 9.53 Å². The van der Waals surface area contributed by atoms with Gasteiger partial charge in [-0.15, -0.1) is 0 Å². The molecule has 0 aliphatic carbocycles. The first-order valence-corrected chi connectivity index (χ1v) is 12.3. The van der Waals surface area contributed by atoms with Crippen molar-refractivity contribution in [3.05, 3.63) is 78.4 Å². The first kappa shape index (κ1) is 27.7. The van der Waals surface area contributed by atoms with E-state index in [-0.39, 0.29) is 11.4 Å². The smallest absolute Gasteiger partial charge is 0.311 e. The van der Waals surface area contributed by atoms with Crippen LogP contribution >= 0.6 is 0 Å². The molecule has 2 nitrogen and oxygen atoms in total. The number of carbonyl (C=O) groups is 1. The van der Waals surface area contributed by atoms with E-state index in [1.54, 1.807) is 0 Å². The summed E-state index contributed by atoms with van der Waals surface area (Å²) in [6.07, 6.45) is 28.0. The SMILES string of the molecule is CCCCC/C=C\C/C=C\C/C=C\C/C=C\CCCC(=O)Oc1ccc(C(C)(C)C)cc1. The zero-order valence-electron chi connectivity index (χ0n) is 20.8. The number of allylic oxidation sites excluding steroid dienone is 8. The molecule has 0 fully saturated rings. The number of esters is 1. The van der Waals surface area contributed by atoms with Crippen LogP contribution in [0.25, 0.3) is 0 Å². The third-order valence-corrected chi connectivity index (χ3v) is 5.16. The monoisotopic (exact) mass is 436 g/mol. The van der Waals surface area contributed by atoms with Gasteiger partial charge in [0.1, 0.15) is 5.75 Å². The second-order valence-electron chi connectivity index (χ2n) is 9.23. The molecule has 0 unspecified atom stereocenters. The van der Waals surface area contributed by atoms with E-state index in [1.165, 1.54) is 31.2 Å². The largest absolute Gasteiger partial charge is 0.427 e. The van der Waals surface area contributed by atoms with E-state index >= 15 is 0 Å². The Bertz CT molecular complexity index is 727. The minimum Gasteiger partial charge on any atom is -0.427 e. The molecule has 0 radical (unpaired) electrons. The number of ether oxygens (including phenoxy) is 1. The van der Waals surface area contributed by atoms with Crippen molar-refractivity contribution in [1.82, 2.24) is 0 Å². The van der Waals surface area contributed by atoms with E-state index < -0.39 is 0 Å². The first-order valence-electron chi connectivity index (χ1n) is 12.3. The normalized spacial score (nSPS) is 12.6. The standard InChI is InChI=1S/C30H44O2/c1-5-6-7-8-9-10-11-12-13-14-15-16-17-18-19-20-21-22-29(31)32-28-25-23-27(24-26-28)30(2,3)4/h9-10,12-13,15-16,18-19,23-26H,5-8,11,14,17,20-22H2,1-4H3/b10-9-,13-12-,16-15-,19-18-. The summed E-state index contributed by atoms with van der Waals surface area (Å²) >= 11 is 0. The Balaban J connectivity index is 2.06. The summed E-state index contributed by atoms with van der Waals surface area (Å²) in [5, 5.41) is 0. The summed E-state index contributed by atoms with van der Waals surface area (Å²) in [6, 6.07) is 7.82. The van der Waals surface area contributed by atoms with Crippen LogP contribution in [0.3, 0.4) is 0 Å². The quantitative estimate of drug-likeness (QED) is 0.119. The van der Waals surface area contributed by atoms with Crippen LogP contribution in [0.4, 0.5) is 0 Å². The molecule has 0 amide bonds. The summed E-state index contributed by atoms with van der Waals surface area (Å²) in [5.74, 6) is 0.463. The summed E-state index contributed by atoms with van der Waals surface area (Å²) in [7, 11) is 0. The zero-order valence-corrected chi connectivity index (χ0v) is 20.8. The zero-order chi connectivity index (χ0) is 23.5. The lowest BCUT2D eigenvalue weighted by Gasteiger charge is -2.18. The van der Waals surface area contributed by atoms with E-state index in [0.717, 1.165) is 32.1 Å². The van der Waals surface area contributed by atoms with Crippen LogP contribution in [0.2, 0.25) is 0 Å². The van der Waals surface area contributed by atoms with Gasteiger partial charge in [0.05, 0.1) is 0 Å². The van der Waals surface area contributed by atoms with Crippen LogP contribution in [0.5, 0.6) is 5.75 Å². The van der Waals surface area contributed by atoms with Gasteiger partial charge in [0.2, 0.25) is 0 Å². The van der Waals surface area contributed by atoms with Gasteiger partial charge in [-0.3, -0.25) is 4.79 Å². The molecule has 0 aromatic heterocycles. The molecule has 1 aromatic rings. The number of rotatable bonds is 15. The second kappa shape index (κ2) is 17.2. The molecule has 0 aliphatic heterocycles. The van der Waals surface area contributed by atoms with E-state index in [2.05, 4.69) is 76.3 Å². The highest BCUT2D eigenvalue weighted by Crippen LogP contribution is 2.24. The van der Waals surface area contributed by atoms with Gasteiger partial charge in [-0.05, 0) is 68.1 Å². The van der Waals surface area contributed by atoms with Crippen molar-refractivity contribution >= 4 is 5.97 Å². The van der Waals surface area contributed by atoms with E-state index in [1.807, 2.05) is 24.3 Å². The van der Waals surface area contributed by atoms with E-state index in [9.17, 15) is 4.79 Å². The Morgan fingerprint density at radius 3 is 1.75 bits per heavy atom. The summed E-state index contributed by atoms with van der Waals surface area (Å²) in [6.45, 7) is 8.75. The summed E-state index contributed by atoms with van der Waals surface area (Å²) < 4.78 is 5.43. The van der Waals surface area contributed by atoms with Crippen molar-refractivity contribution in [2.45, 2.75) is 97.3 Å². The topological polar surface area (TPSA) is 26.3 Å². The van der Waals surface area contributed by atoms with Gasteiger partial charge in [0.25, 0.3) is 0 Å². The Labute approximate surface area is 197 Å². The Hall–Kier alpha value is -2.35. The fraction of sp³-hybridized carbons (Fsp3) is 0.500. The molecular weight excluding hydrogens is 392 g/mol. The summed E-state index contributed by atoms with van der Waals surface area (Å²) in [5.41, 5.74) is 1.34. The molecule has 0 heterocycles. The van der Waals surface area contributed by atoms with E-state index in [0.29, 0.717) is 12.2 Å². The van der Waals surface area contributed by atoms with Crippen LogP contribution in [-0.2, 0) is 10.2 Å². The van der Waals surface area contributed by atoms with Crippen LogP contribution in [0.1, 0.15) is 97.5 Å². The van der Waals surface area contributed by atoms with Crippen molar-refractivity contribution in [2.24, 2.45) is 0 Å². The lowest BCUT2D eigenvalue weighted by atomic mass is 9.87. The van der Waals surface area contributed by atoms with Crippen molar-refractivity contribution in [3.8, 4) is 5.75 Å². The Morgan fingerprint density at radius 1 is 0.750 bits per heavy atom. The van der Waals surface area contributed by atoms with Gasteiger partial charge in [0, 0.05) is 6.42 Å². The van der Waals surface area contributed by atoms with Crippen molar-refractivity contribution in [3.63, 3.8) is 0 Å². The number of hydrogen-bond acceptors (Lipinski definition) is 2. The molecule has 1 rings (SSSR count). The summed E-state index contributed by atoms with van der Waals surface area (Å²) in [4.78, 5) is 12.0. The van der Waals surface area contributed by atoms with Gasteiger partial charge in [-0.1, -0.05) is 101 Å². The molecule has 0 saturated heterocycles. The molecule has 0 spiro atoms. The lowest BCUT2D eigenvalue weighted by molar-refractivity contribution is -0.134. The van der Waals surface area contributed by atoms with Crippen LogP contribution in [0, 0.1) is 0 Å². The maximum absolute atomic E-state index is 12.0. The van der Waals surface area contributed by atoms with Crippen LogP contribution in [0.15, 0.2) is 72.9 Å². The van der Waals surface area contributed by atoms with Crippen molar-refractivity contribution in [1.29, 1.82) is 0 Å². The van der Waals surface area contributed by atoms with Gasteiger partial charge < -0.3 is 4.74 Å². The Morgan fingerprint density at radius 2 is 1.25 bits per heavy atom. The molecule has 32 heavy (non-hydrogen) atoms. The average molecular weight is 437 g/mol. The van der Waals surface area contributed by atoms with Crippen LogP contribution in [-0.4, -0.2) is 5.97 Å². The van der Waals surface area contributed by atoms with Gasteiger partial charge >= 0.3 is 5.97 Å². The maximum Gasteiger partial charge on any atom is 0.311 e. The Kier molecular flexibility index (Phi) is 14.9. The first-order chi connectivity index (χ1) is 15.4. The molecule has 2 heteroatoms. The van der Waals surface area contributed by atoms with Gasteiger partial charge in [-0.25, -0.2) is 0 Å². The predicted octanol–water partition coefficient (Wildman–Crippen LogP) is 9.04. The molecule has 1 aromatic carbocycles.